The smallest absolute Gasteiger partial charge is 0.262 e. The standard InChI is InChI=1S/C20H42O5S/c1-2-3-4-5-6-7-8-9-10-11-12-13-14-15-16-17-18-19-20-24-25-26(21,22)23/h2-20H2,1H3,(H,21,22,23). The Morgan fingerprint density at radius 3 is 1.19 bits per heavy atom. The third kappa shape index (κ3) is 23.8. The molecule has 0 spiro atoms. The van der Waals surface area contributed by atoms with Crippen molar-refractivity contribution in [3.05, 3.63) is 0 Å². The van der Waals surface area contributed by atoms with Crippen molar-refractivity contribution in [2.45, 2.75) is 122 Å². The van der Waals surface area contributed by atoms with E-state index < -0.39 is 10.4 Å². The van der Waals surface area contributed by atoms with Crippen molar-refractivity contribution in [1.29, 1.82) is 0 Å². The predicted octanol–water partition coefficient (Wildman–Crippen LogP) is 6.78. The van der Waals surface area contributed by atoms with Gasteiger partial charge in [-0.25, -0.2) is 4.89 Å². The normalized spacial score (nSPS) is 11.9. The molecule has 6 heteroatoms. The predicted molar refractivity (Wildman–Crippen MR) is 107 cm³/mol. The molecule has 158 valence electrons. The first-order valence-electron chi connectivity index (χ1n) is 10.8. The molecule has 0 bridgehead atoms. The molecule has 0 aromatic carbocycles. The summed E-state index contributed by atoms with van der Waals surface area (Å²) in [5.41, 5.74) is 0. The average molecular weight is 395 g/mol. The van der Waals surface area contributed by atoms with Gasteiger partial charge in [0.15, 0.2) is 0 Å². The van der Waals surface area contributed by atoms with Gasteiger partial charge in [0.2, 0.25) is 0 Å². The zero-order valence-electron chi connectivity index (χ0n) is 16.9. The number of hydrogen-bond donors (Lipinski definition) is 1. The summed E-state index contributed by atoms with van der Waals surface area (Å²) in [7, 11) is -4.47. The van der Waals surface area contributed by atoms with Crippen LogP contribution < -0.4 is 0 Å². The Hall–Kier alpha value is -0.170. The fraction of sp³-hybridized carbons (Fsp3) is 1.00. The van der Waals surface area contributed by atoms with Gasteiger partial charge in [0, 0.05) is 0 Å². The molecule has 0 aliphatic rings. The summed E-state index contributed by atoms with van der Waals surface area (Å²) in [6, 6.07) is 0. The van der Waals surface area contributed by atoms with Crippen LogP contribution in [0, 0.1) is 0 Å². The highest BCUT2D eigenvalue weighted by Gasteiger charge is 2.04. The van der Waals surface area contributed by atoms with E-state index in [4.69, 9.17) is 4.55 Å². The first-order valence-corrected chi connectivity index (χ1v) is 12.2. The van der Waals surface area contributed by atoms with Crippen LogP contribution in [0.1, 0.15) is 122 Å². The van der Waals surface area contributed by atoms with Crippen molar-refractivity contribution in [1.82, 2.24) is 0 Å². The maximum Gasteiger partial charge on any atom is 0.424 e. The van der Waals surface area contributed by atoms with Gasteiger partial charge in [0.1, 0.15) is 0 Å². The second kappa shape index (κ2) is 19.6. The van der Waals surface area contributed by atoms with Gasteiger partial charge in [0.05, 0.1) is 6.61 Å². The minimum atomic E-state index is -4.47. The van der Waals surface area contributed by atoms with Crippen LogP contribution in [0.15, 0.2) is 0 Å². The fourth-order valence-electron chi connectivity index (χ4n) is 3.16. The van der Waals surface area contributed by atoms with Gasteiger partial charge in [-0.05, 0) is 6.42 Å². The third-order valence-electron chi connectivity index (χ3n) is 4.72. The van der Waals surface area contributed by atoms with Crippen LogP contribution >= 0.6 is 0 Å². The Morgan fingerprint density at radius 2 is 0.885 bits per heavy atom. The molecule has 0 radical (unpaired) electrons. The number of hydrogen-bond acceptors (Lipinski definition) is 4. The van der Waals surface area contributed by atoms with E-state index in [1.807, 2.05) is 0 Å². The van der Waals surface area contributed by atoms with Gasteiger partial charge >= 0.3 is 10.4 Å². The van der Waals surface area contributed by atoms with Crippen molar-refractivity contribution in [2.24, 2.45) is 0 Å². The first kappa shape index (κ1) is 25.8. The van der Waals surface area contributed by atoms with Crippen LogP contribution in [0.4, 0.5) is 0 Å². The molecule has 0 atom stereocenters. The summed E-state index contributed by atoms with van der Waals surface area (Å²) in [5, 5.41) is 0. The molecule has 0 fully saturated rings. The molecule has 0 unspecified atom stereocenters. The molecule has 0 amide bonds. The van der Waals surface area contributed by atoms with Crippen LogP contribution in [0.2, 0.25) is 0 Å². The number of unbranched alkanes of at least 4 members (excludes halogenated alkanes) is 17. The van der Waals surface area contributed by atoms with E-state index in [2.05, 4.69) is 16.1 Å². The minimum absolute atomic E-state index is 0.193. The topological polar surface area (TPSA) is 72.8 Å². The highest BCUT2D eigenvalue weighted by atomic mass is 32.3. The largest absolute Gasteiger partial charge is 0.424 e. The molecule has 0 aliphatic carbocycles. The Balaban J connectivity index is 3.03. The van der Waals surface area contributed by atoms with Crippen LogP contribution in [0.3, 0.4) is 0 Å². The van der Waals surface area contributed by atoms with Crippen LogP contribution in [0.25, 0.3) is 0 Å². The van der Waals surface area contributed by atoms with E-state index >= 15 is 0 Å². The van der Waals surface area contributed by atoms with E-state index in [-0.39, 0.29) is 6.61 Å². The zero-order chi connectivity index (χ0) is 19.3. The van der Waals surface area contributed by atoms with Crippen molar-refractivity contribution in [2.75, 3.05) is 6.61 Å². The molecule has 0 rings (SSSR count). The summed E-state index contributed by atoms with van der Waals surface area (Å²) >= 11 is 0. The highest BCUT2D eigenvalue weighted by Crippen LogP contribution is 2.14. The summed E-state index contributed by atoms with van der Waals surface area (Å²) in [6.07, 6.45) is 23.5. The van der Waals surface area contributed by atoms with Crippen LogP contribution in [0.5, 0.6) is 0 Å². The lowest BCUT2D eigenvalue weighted by atomic mass is 10.0. The summed E-state index contributed by atoms with van der Waals surface area (Å²) < 4.78 is 32.5. The zero-order valence-corrected chi connectivity index (χ0v) is 17.7. The van der Waals surface area contributed by atoms with E-state index in [0.29, 0.717) is 0 Å². The molecule has 26 heavy (non-hydrogen) atoms. The van der Waals surface area contributed by atoms with Gasteiger partial charge in [-0.15, -0.1) is 0 Å². The Kier molecular flexibility index (Phi) is 19.5. The maximum absolute atomic E-state index is 10.2. The molecule has 0 saturated carbocycles. The number of rotatable bonds is 21. The van der Waals surface area contributed by atoms with Gasteiger partial charge in [0.25, 0.3) is 0 Å². The van der Waals surface area contributed by atoms with E-state index in [1.54, 1.807) is 0 Å². The van der Waals surface area contributed by atoms with Crippen LogP contribution in [-0.2, 0) is 19.6 Å². The van der Waals surface area contributed by atoms with Gasteiger partial charge < -0.3 is 0 Å². The van der Waals surface area contributed by atoms with E-state index in [1.165, 1.54) is 96.3 Å². The van der Waals surface area contributed by atoms with Crippen molar-refractivity contribution in [3.63, 3.8) is 0 Å². The second-order valence-electron chi connectivity index (χ2n) is 7.33. The average Bonchev–Trinajstić information content (AvgIpc) is 2.59. The van der Waals surface area contributed by atoms with E-state index in [9.17, 15) is 8.42 Å². The monoisotopic (exact) mass is 394 g/mol. The molecule has 0 aromatic heterocycles. The van der Waals surface area contributed by atoms with Gasteiger partial charge in [-0.2, -0.15) is 8.42 Å². The summed E-state index contributed by atoms with van der Waals surface area (Å²) in [6.45, 7) is 2.46. The summed E-state index contributed by atoms with van der Waals surface area (Å²) in [4.78, 5) is 4.39. The van der Waals surface area contributed by atoms with Crippen LogP contribution in [-0.4, -0.2) is 19.6 Å². The molecule has 0 aromatic rings. The Bertz CT molecular complexity index is 370. The third-order valence-corrected chi connectivity index (χ3v) is 4.98. The molecule has 0 aliphatic heterocycles. The Labute approximate surface area is 162 Å². The molecule has 5 nitrogen and oxygen atoms in total. The molecule has 0 saturated heterocycles. The maximum atomic E-state index is 10.2. The molecular formula is C20H42O5S. The molecule has 0 heterocycles. The van der Waals surface area contributed by atoms with Crippen molar-refractivity contribution < 1.29 is 22.2 Å². The fourth-order valence-corrected chi connectivity index (χ4v) is 3.35. The lowest BCUT2D eigenvalue weighted by molar-refractivity contribution is -0.208. The lowest BCUT2D eigenvalue weighted by Gasteiger charge is -2.04. The van der Waals surface area contributed by atoms with Gasteiger partial charge in [-0.1, -0.05) is 120 Å². The Morgan fingerprint density at radius 1 is 0.577 bits per heavy atom. The van der Waals surface area contributed by atoms with E-state index in [0.717, 1.165) is 19.3 Å². The van der Waals surface area contributed by atoms with Gasteiger partial charge in [-0.3, -0.25) is 4.55 Å². The first-order chi connectivity index (χ1) is 12.6. The molecular weight excluding hydrogens is 352 g/mol. The molecule has 1 N–H and O–H groups in total. The summed E-state index contributed by atoms with van der Waals surface area (Å²) in [5.74, 6) is 0. The minimum Gasteiger partial charge on any atom is -0.262 e. The highest BCUT2D eigenvalue weighted by molar-refractivity contribution is 7.80. The SMILES string of the molecule is CCCCCCCCCCCCCCCCCCCCOOS(=O)(=O)O. The van der Waals surface area contributed by atoms with Crippen molar-refractivity contribution >= 4 is 10.4 Å². The van der Waals surface area contributed by atoms with Crippen molar-refractivity contribution in [3.8, 4) is 0 Å². The lowest BCUT2D eigenvalue weighted by Crippen LogP contribution is -2.05. The quantitative estimate of drug-likeness (QED) is 0.100. The second-order valence-corrected chi connectivity index (χ2v) is 8.32.